The number of rotatable bonds is 2. The second-order valence-electron chi connectivity index (χ2n) is 10.0. The van der Waals surface area contributed by atoms with Gasteiger partial charge in [0.25, 0.3) is 0 Å². The average molecular weight is 371 g/mol. The lowest BCUT2D eigenvalue weighted by molar-refractivity contribution is -0.0431. The molecule has 0 spiro atoms. The van der Waals surface area contributed by atoms with Crippen LogP contribution in [0.25, 0.3) is 6.08 Å². The van der Waals surface area contributed by atoms with Gasteiger partial charge in [-0.2, -0.15) is 0 Å². The molecule has 2 aliphatic carbocycles. The number of benzene rings is 1. The largest absolute Gasteiger partial charge is 0.496 e. The van der Waals surface area contributed by atoms with Crippen molar-refractivity contribution < 1.29 is 14.2 Å². The van der Waals surface area contributed by atoms with Gasteiger partial charge in [0.15, 0.2) is 11.5 Å². The first kappa shape index (κ1) is 18.7. The van der Waals surface area contributed by atoms with Crippen LogP contribution >= 0.6 is 0 Å². The van der Waals surface area contributed by atoms with Crippen molar-refractivity contribution in [3.63, 3.8) is 0 Å². The molecule has 0 unspecified atom stereocenters. The molecule has 1 aromatic carbocycles. The molecular formula is C24H34O3. The van der Waals surface area contributed by atoms with Gasteiger partial charge in [0.2, 0.25) is 5.79 Å². The molecule has 0 aromatic heterocycles. The van der Waals surface area contributed by atoms with Crippen molar-refractivity contribution in [2.45, 2.75) is 78.9 Å². The Labute approximate surface area is 164 Å². The highest BCUT2D eigenvalue weighted by atomic mass is 16.7. The van der Waals surface area contributed by atoms with Crippen LogP contribution in [0.15, 0.2) is 17.7 Å². The second kappa shape index (κ2) is 6.18. The summed E-state index contributed by atoms with van der Waals surface area (Å²) >= 11 is 0. The molecule has 0 saturated heterocycles. The summed E-state index contributed by atoms with van der Waals surface area (Å²) in [7, 11) is 1.74. The minimum atomic E-state index is -0.617. The highest BCUT2D eigenvalue weighted by Crippen LogP contribution is 2.60. The van der Waals surface area contributed by atoms with Crippen LogP contribution in [0.5, 0.6) is 17.2 Å². The number of allylic oxidation sites excluding steroid dienone is 1. The maximum Gasteiger partial charge on any atom is 0.246 e. The zero-order chi connectivity index (χ0) is 19.4. The van der Waals surface area contributed by atoms with Gasteiger partial charge in [-0.1, -0.05) is 38.8 Å². The Morgan fingerprint density at radius 2 is 1.70 bits per heavy atom. The van der Waals surface area contributed by atoms with Gasteiger partial charge >= 0.3 is 0 Å². The fourth-order valence-electron chi connectivity index (χ4n) is 5.98. The van der Waals surface area contributed by atoms with E-state index < -0.39 is 5.79 Å². The van der Waals surface area contributed by atoms with Crippen molar-refractivity contribution in [1.29, 1.82) is 0 Å². The van der Waals surface area contributed by atoms with E-state index in [1.54, 1.807) is 12.7 Å². The standard InChI is InChI=1S/C24H34O3/c1-22(2)11-8-12-24(5)17(9-7-10-21(22)24)13-16-14-19-20(15-18(16)25-6)27-23(3,4)26-19/h13-15,21H,7-12H2,1-6H3/b17-13+/t21-,24+/m0/s1. The summed E-state index contributed by atoms with van der Waals surface area (Å²) in [4.78, 5) is 0. The summed E-state index contributed by atoms with van der Waals surface area (Å²) in [5.74, 6) is 2.59. The van der Waals surface area contributed by atoms with Crippen molar-refractivity contribution >= 4 is 6.08 Å². The van der Waals surface area contributed by atoms with Crippen molar-refractivity contribution in [3.05, 3.63) is 23.3 Å². The van der Waals surface area contributed by atoms with E-state index in [-0.39, 0.29) is 0 Å². The maximum absolute atomic E-state index is 5.98. The fraction of sp³-hybridized carbons (Fsp3) is 0.667. The molecule has 2 saturated carbocycles. The zero-order valence-corrected chi connectivity index (χ0v) is 17.8. The summed E-state index contributed by atoms with van der Waals surface area (Å²) in [5, 5.41) is 0. The van der Waals surface area contributed by atoms with E-state index in [2.05, 4.69) is 32.9 Å². The fourth-order valence-corrected chi connectivity index (χ4v) is 5.98. The number of hydrogen-bond donors (Lipinski definition) is 0. The molecule has 27 heavy (non-hydrogen) atoms. The lowest BCUT2D eigenvalue weighted by atomic mass is 9.50. The van der Waals surface area contributed by atoms with E-state index in [1.165, 1.54) is 38.5 Å². The van der Waals surface area contributed by atoms with Gasteiger partial charge in [0.1, 0.15) is 5.75 Å². The molecule has 3 aliphatic rings. The van der Waals surface area contributed by atoms with Crippen molar-refractivity contribution in [3.8, 4) is 17.2 Å². The third-order valence-corrected chi connectivity index (χ3v) is 7.24. The molecule has 148 valence electrons. The molecule has 1 aliphatic heterocycles. The molecule has 3 nitrogen and oxygen atoms in total. The molecule has 2 fully saturated rings. The molecule has 3 heteroatoms. The van der Waals surface area contributed by atoms with Gasteiger partial charge in [-0.05, 0) is 54.9 Å². The minimum absolute atomic E-state index is 0.292. The lowest BCUT2D eigenvalue weighted by Crippen LogP contribution is -2.45. The molecule has 4 rings (SSSR count). The van der Waals surface area contributed by atoms with E-state index in [9.17, 15) is 0 Å². The van der Waals surface area contributed by atoms with Gasteiger partial charge in [0.05, 0.1) is 7.11 Å². The number of methoxy groups -OCH3 is 1. The highest BCUT2D eigenvalue weighted by molar-refractivity contribution is 5.66. The molecular weight excluding hydrogens is 336 g/mol. The Balaban J connectivity index is 1.75. The summed E-state index contributed by atoms with van der Waals surface area (Å²) in [6, 6.07) is 4.07. The van der Waals surface area contributed by atoms with Crippen LogP contribution < -0.4 is 14.2 Å². The van der Waals surface area contributed by atoms with Gasteiger partial charge in [-0.15, -0.1) is 0 Å². The number of fused-ring (bicyclic) bond motifs is 2. The van der Waals surface area contributed by atoms with Gasteiger partial charge < -0.3 is 14.2 Å². The Morgan fingerprint density at radius 3 is 2.41 bits per heavy atom. The molecule has 0 N–H and O–H groups in total. The smallest absolute Gasteiger partial charge is 0.246 e. The Morgan fingerprint density at radius 1 is 1.00 bits per heavy atom. The maximum atomic E-state index is 5.98. The van der Waals surface area contributed by atoms with Crippen molar-refractivity contribution in [2.75, 3.05) is 7.11 Å². The first-order valence-corrected chi connectivity index (χ1v) is 10.5. The molecule has 0 radical (unpaired) electrons. The Hall–Kier alpha value is -1.64. The Bertz CT molecular complexity index is 774. The van der Waals surface area contributed by atoms with E-state index in [0.717, 1.165) is 28.7 Å². The highest BCUT2D eigenvalue weighted by Gasteiger charge is 2.49. The van der Waals surface area contributed by atoms with E-state index in [1.807, 2.05) is 19.9 Å². The molecule has 1 heterocycles. The first-order valence-electron chi connectivity index (χ1n) is 10.5. The van der Waals surface area contributed by atoms with E-state index in [4.69, 9.17) is 14.2 Å². The first-order chi connectivity index (χ1) is 12.6. The van der Waals surface area contributed by atoms with Crippen LogP contribution in [-0.2, 0) is 0 Å². The third-order valence-electron chi connectivity index (χ3n) is 7.24. The van der Waals surface area contributed by atoms with E-state index in [0.29, 0.717) is 10.8 Å². The molecule has 1 aromatic rings. The average Bonchev–Trinajstić information content (AvgIpc) is 2.87. The Kier molecular flexibility index (Phi) is 4.29. The minimum Gasteiger partial charge on any atom is -0.496 e. The van der Waals surface area contributed by atoms with Crippen LogP contribution in [0.1, 0.15) is 78.7 Å². The monoisotopic (exact) mass is 370 g/mol. The molecule has 0 amide bonds. The van der Waals surface area contributed by atoms with Crippen LogP contribution in [0, 0.1) is 16.7 Å². The van der Waals surface area contributed by atoms with Crippen LogP contribution in [0.4, 0.5) is 0 Å². The predicted octanol–water partition coefficient (Wildman–Crippen LogP) is 6.60. The van der Waals surface area contributed by atoms with Crippen LogP contribution in [0.3, 0.4) is 0 Å². The summed E-state index contributed by atoms with van der Waals surface area (Å²) in [6.45, 7) is 11.3. The quantitative estimate of drug-likeness (QED) is 0.587. The number of hydrogen-bond acceptors (Lipinski definition) is 3. The normalized spacial score (nSPS) is 32.2. The summed E-state index contributed by atoms with van der Waals surface area (Å²) in [5.41, 5.74) is 3.41. The third kappa shape index (κ3) is 3.13. The number of ether oxygens (including phenoxy) is 3. The van der Waals surface area contributed by atoms with E-state index >= 15 is 0 Å². The van der Waals surface area contributed by atoms with Gasteiger partial charge in [-0.25, -0.2) is 0 Å². The predicted molar refractivity (Wildman–Crippen MR) is 109 cm³/mol. The van der Waals surface area contributed by atoms with Gasteiger partial charge in [0, 0.05) is 25.5 Å². The molecule has 0 bridgehead atoms. The van der Waals surface area contributed by atoms with Crippen LogP contribution in [0.2, 0.25) is 0 Å². The lowest BCUT2D eigenvalue weighted by Gasteiger charge is -2.55. The zero-order valence-electron chi connectivity index (χ0n) is 17.8. The summed E-state index contributed by atoms with van der Waals surface area (Å²) < 4.78 is 17.6. The van der Waals surface area contributed by atoms with Crippen molar-refractivity contribution in [2.24, 2.45) is 16.7 Å². The SMILES string of the molecule is COc1cc2c(cc1/C=C1\CCC[C@H]3C(C)(C)CCC[C@]13C)OC(C)(C)O2. The van der Waals surface area contributed by atoms with Crippen LogP contribution in [-0.4, -0.2) is 12.9 Å². The van der Waals surface area contributed by atoms with Crippen molar-refractivity contribution in [1.82, 2.24) is 0 Å². The topological polar surface area (TPSA) is 27.7 Å². The second-order valence-corrected chi connectivity index (χ2v) is 10.0. The van der Waals surface area contributed by atoms with Gasteiger partial charge in [-0.3, -0.25) is 0 Å². The molecule has 2 atom stereocenters. The summed E-state index contributed by atoms with van der Waals surface area (Å²) in [6.07, 6.45) is 10.2.